The van der Waals surface area contributed by atoms with Crippen LogP contribution in [-0.4, -0.2) is 59.0 Å². The van der Waals surface area contributed by atoms with Crippen molar-refractivity contribution in [3.05, 3.63) is 77.8 Å². The summed E-state index contributed by atoms with van der Waals surface area (Å²) >= 11 is 0. The fourth-order valence-electron chi connectivity index (χ4n) is 5.18. The van der Waals surface area contributed by atoms with Crippen molar-refractivity contribution in [2.75, 3.05) is 6.54 Å². The number of rotatable bonds is 12. The summed E-state index contributed by atoms with van der Waals surface area (Å²) in [6, 6.07) is 10.9. The summed E-state index contributed by atoms with van der Waals surface area (Å²) in [5, 5.41) is 11.0. The van der Waals surface area contributed by atoms with Gasteiger partial charge < -0.3 is 10.1 Å². The molecule has 1 aliphatic rings. The number of aromatic amines is 1. The third kappa shape index (κ3) is 7.81. The van der Waals surface area contributed by atoms with Crippen molar-refractivity contribution >= 4 is 15.8 Å². The monoisotopic (exact) mass is 574 g/mol. The van der Waals surface area contributed by atoms with Crippen LogP contribution in [0.1, 0.15) is 63.3 Å². The van der Waals surface area contributed by atoms with Gasteiger partial charge in [0.15, 0.2) is 5.78 Å². The Balaban J connectivity index is 1.50. The molecule has 0 saturated carbocycles. The fraction of sp³-hybridized carbons (Fsp3) is 0.448. The van der Waals surface area contributed by atoms with Gasteiger partial charge in [-0.1, -0.05) is 43.7 Å². The van der Waals surface area contributed by atoms with E-state index in [-0.39, 0.29) is 30.2 Å². The number of carbonyl (C=O) groups excluding carboxylic acids is 1. The topological polar surface area (TPSA) is 115 Å². The second kappa shape index (κ2) is 13.1. The molecule has 1 aliphatic heterocycles. The number of H-pyrrole nitrogens is 1. The van der Waals surface area contributed by atoms with E-state index in [2.05, 4.69) is 14.7 Å². The van der Waals surface area contributed by atoms with Gasteiger partial charge in [-0.15, -0.1) is 0 Å². The van der Waals surface area contributed by atoms with Gasteiger partial charge in [-0.25, -0.2) is 26.9 Å². The third-order valence-corrected chi connectivity index (χ3v) is 8.74. The zero-order valence-electron chi connectivity index (χ0n) is 22.7. The lowest BCUT2D eigenvalue weighted by Crippen LogP contribution is -2.50. The number of piperidine rings is 1. The number of aliphatic hydroxyl groups is 1. The van der Waals surface area contributed by atoms with Gasteiger partial charge in [-0.3, -0.25) is 9.69 Å². The molecule has 3 N–H and O–H groups in total. The van der Waals surface area contributed by atoms with Crippen molar-refractivity contribution < 1.29 is 27.1 Å². The van der Waals surface area contributed by atoms with Crippen molar-refractivity contribution in [1.82, 2.24) is 19.6 Å². The van der Waals surface area contributed by atoms with E-state index in [9.17, 15) is 27.1 Å². The predicted molar refractivity (Wildman–Crippen MR) is 149 cm³/mol. The number of nitrogens with one attached hydrogen (secondary N) is 2. The number of Topliss-reactive ketones (excluding diaryl/α,β-unsaturated/α-hetero) is 1. The molecule has 11 heteroatoms. The lowest BCUT2D eigenvalue weighted by Gasteiger charge is -2.38. The standard InChI is InChI=1S/C29H36F2N4O4S/c1-19(29-32-17-26(33-29)23-12-11-22(30)15-24(23)31)14-27(36)25(16-28(37)35-13-7-6-8-20(35)2)34-40(38,39)18-21-9-4-3-5-10-21/h3-5,9-12,15,17,19-20,25,28,34,37H,6-8,13-14,16,18H2,1-2H3,(H,32,33)/t19-,20+,25+,28?/m1/s1. The second-order valence-electron chi connectivity index (χ2n) is 10.6. The van der Waals surface area contributed by atoms with Crippen molar-refractivity contribution in [2.24, 2.45) is 0 Å². The van der Waals surface area contributed by atoms with Gasteiger partial charge in [0.2, 0.25) is 10.0 Å². The third-order valence-electron chi connectivity index (χ3n) is 7.38. The maximum Gasteiger partial charge on any atom is 0.216 e. The normalized spacial score (nSPS) is 18.8. The SMILES string of the molecule is C[C@H](CC(=O)[C@H](CC(O)N1CCCC[C@@H]1C)NS(=O)(=O)Cc1ccccc1)c1ncc(-c2ccc(F)cc2F)[nH]1. The van der Waals surface area contributed by atoms with Crippen molar-refractivity contribution in [1.29, 1.82) is 0 Å². The molecular weight excluding hydrogens is 538 g/mol. The number of sulfonamides is 1. The van der Waals surface area contributed by atoms with E-state index in [4.69, 9.17) is 0 Å². The summed E-state index contributed by atoms with van der Waals surface area (Å²) in [6.07, 6.45) is 3.16. The largest absolute Gasteiger partial charge is 0.378 e. The fourth-order valence-corrected chi connectivity index (χ4v) is 6.55. The molecule has 1 fully saturated rings. The highest BCUT2D eigenvalue weighted by Crippen LogP contribution is 2.26. The zero-order chi connectivity index (χ0) is 28.9. The number of benzene rings is 2. The van der Waals surface area contributed by atoms with Gasteiger partial charge in [-0.05, 0) is 37.5 Å². The van der Waals surface area contributed by atoms with Gasteiger partial charge in [0.25, 0.3) is 0 Å². The van der Waals surface area contributed by atoms with Gasteiger partial charge in [0.1, 0.15) is 23.7 Å². The molecule has 4 rings (SSSR count). The van der Waals surface area contributed by atoms with E-state index >= 15 is 0 Å². The lowest BCUT2D eigenvalue weighted by atomic mass is 9.96. The Labute approximate surface area is 233 Å². The molecule has 3 aromatic rings. The summed E-state index contributed by atoms with van der Waals surface area (Å²) in [5.41, 5.74) is 1.06. The molecule has 0 bridgehead atoms. The first-order valence-corrected chi connectivity index (χ1v) is 15.2. The Morgan fingerprint density at radius 1 is 1.20 bits per heavy atom. The van der Waals surface area contributed by atoms with Gasteiger partial charge >= 0.3 is 0 Å². The molecule has 4 atom stereocenters. The van der Waals surface area contributed by atoms with Crippen LogP contribution in [0.15, 0.2) is 54.7 Å². The Morgan fingerprint density at radius 3 is 2.65 bits per heavy atom. The van der Waals surface area contributed by atoms with Crippen LogP contribution in [0, 0.1) is 11.6 Å². The zero-order valence-corrected chi connectivity index (χ0v) is 23.5. The summed E-state index contributed by atoms with van der Waals surface area (Å²) in [4.78, 5) is 22.7. The molecular formula is C29H36F2N4O4S. The number of nitrogens with zero attached hydrogens (tertiary/aromatic N) is 2. The van der Waals surface area contributed by atoms with E-state index in [1.165, 1.54) is 12.3 Å². The molecule has 1 aromatic heterocycles. The van der Waals surface area contributed by atoms with Crippen LogP contribution in [0.2, 0.25) is 0 Å². The molecule has 0 aliphatic carbocycles. The minimum Gasteiger partial charge on any atom is -0.378 e. The Hall–Kier alpha value is -2.99. The van der Waals surface area contributed by atoms with E-state index in [0.29, 0.717) is 23.6 Å². The molecule has 1 unspecified atom stereocenters. The Kier molecular flexibility index (Phi) is 9.83. The first-order valence-electron chi connectivity index (χ1n) is 13.5. The second-order valence-corrected chi connectivity index (χ2v) is 12.3. The number of carbonyl (C=O) groups is 1. The molecule has 2 heterocycles. The quantitative estimate of drug-likeness (QED) is 0.294. The van der Waals surface area contributed by atoms with Crippen molar-refractivity contribution in [2.45, 2.75) is 75.9 Å². The average Bonchev–Trinajstić information content (AvgIpc) is 3.39. The molecule has 8 nitrogen and oxygen atoms in total. The molecule has 0 radical (unpaired) electrons. The van der Waals surface area contributed by atoms with Crippen LogP contribution in [0.3, 0.4) is 0 Å². The van der Waals surface area contributed by atoms with Crippen LogP contribution in [0.25, 0.3) is 11.3 Å². The number of aliphatic hydroxyl groups excluding tert-OH is 1. The number of imidazole rings is 1. The summed E-state index contributed by atoms with van der Waals surface area (Å²) in [6.45, 7) is 4.44. The van der Waals surface area contributed by atoms with Crippen molar-refractivity contribution in [3.63, 3.8) is 0 Å². The summed E-state index contributed by atoms with van der Waals surface area (Å²) in [5.74, 6) is -2.18. The number of hydrogen-bond acceptors (Lipinski definition) is 6. The van der Waals surface area contributed by atoms with E-state index < -0.39 is 45.6 Å². The first-order chi connectivity index (χ1) is 19.0. The minimum absolute atomic E-state index is 0.0698. The van der Waals surface area contributed by atoms with Crippen LogP contribution < -0.4 is 4.72 Å². The average molecular weight is 575 g/mol. The maximum absolute atomic E-state index is 14.2. The van der Waals surface area contributed by atoms with Crippen molar-refractivity contribution in [3.8, 4) is 11.3 Å². The lowest BCUT2D eigenvalue weighted by molar-refractivity contribution is -0.123. The van der Waals surface area contributed by atoms with Crippen LogP contribution in [-0.2, 0) is 20.6 Å². The number of ketones is 1. The highest BCUT2D eigenvalue weighted by molar-refractivity contribution is 7.88. The van der Waals surface area contributed by atoms with E-state index in [0.717, 1.165) is 31.4 Å². The van der Waals surface area contributed by atoms with E-state index in [1.54, 1.807) is 37.3 Å². The molecule has 0 spiro atoms. The van der Waals surface area contributed by atoms with Crippen LogP contribution in [0.4, 0.5) is 8.78 Å². The smallest absolute Gasteiger partial charge is 0.216 e. The maximum atomic E-state index is 14.2. The summed E-state index contributed by atoms with van der Waals surface area (Å²) in [7, 11) is -3.91. The van der Waals surface area contributed by atoms with E-state index in [1.807, 2.05) is 11.8 Å². The number of hydrogen-bond donors (Lipinski definition) is 3. The molecule has 2 aromatic carbocycles. The van der Waals surface area contributed by atoms with Crippen LogP contribution in [0.5, 0.6) is 0 Å². The molecule has 0 amide bonds. The summed E-state index contributed by atoms with van der Waals surface area (Å²) < 4.78 is 56.2. The first kappa shape index (κ1) is 30.0. The van der Waals surface area contributed by atoms with Gasteiger partial charge in [-0.2, -0.15) is 0 Å². The molecule has 216 valence electrons. The van der Waals surface area contributed by atoms with Gasteiger partial charge in [0, 0.05) is 43.0 Å². The Morgan fingerprint density at radius 2 is 1.95 bits per heavy atom. The number of halogens is 2. The Bertz CT molecular complexity index is 1400. The highest BCUT2D eigenvalue weighted by atomic mass is 32.2. The van der Waals surface area contributed by atoms with Crippen LogP contribution >= 0.6 is 0 Å². The number of aromatic nitrogens is 2. The molecule has 40 heavy (non-hydrogen) atoms. The molecule has 1 saturated heterocycles. The highest BCUT2D eigenvalue weighted by Gasteiger charge is 2.32. The van der Waals surface area contributed by atoms with Gasteiger partial charge in [0.05, 0.1) is 23.7 Å². The minimum atomic E-state index is -3.91. The number of likely N-dealkylation sites (tertiary alicyclic amines) is 1. The predicted octanol–water partition coefficient (Wildman–Crippen LogP) is 4.49.